The van der Waals surface area contributed by atoms with E-state index in [-0.39, 0.29) is 48.2 Å². The van der Waals surface area contributed by atoms with Gasteiger partial charge >= 0.3 is 0 Å². The Morgan fingerprint density at radius 2 is 1.68 bits per heavy atom. The van der Waals surface area contributed by atoms with Crippen LogP contribution >= 0.6 is 23.5 Å². The lowest BCUT2D eigenvalue weighted by molar-refractivity contribution is -0.00399. The summed E-state index contributed by atoms with van der Waals surface area (Å²) in [6.45, 7) is 18.9. The van der Waals surface area contributed by atoms with Crippen LogP contribution in [0.25, 0.3) is 0 Å². The van der Waals surface area contributed by atoms with Crippen LogP contribution in [-0.4, -0.2) is 86.7 Å². The van der Waals surface area contributed by atoms with Crippen molar-refractivity contribution in [1.82, 2.24) is 0 Å². The van der Waals surface area contributed by atoms with Gasteiger partial charge in [-0.3, -0.25) is 4.18 Å². The highest BCUT2D eigenvalue weighted by Gasteiger charge is 2.45. The van der Waals surface area contributed by atoms with Gasteiger partial charge in [0.15, 0.2) is 9.84 Å². The Morgan fingerprint density at radius 3 is 2.30 bits per heavy atom. The van der Waals surface area contributed by atoms with E-state index >= 15 is 0 Å². The minimum absolute atomic E-state index is 0.0127. The quantitative estimate of drug-likeness (QED) is 0.0956. The molecule has 0 saturated carbocycles. The first-order chi connectivity index (χ1) is 25.0. The molecule has 1 aromatic rings. The molecule has 0 amide bonds. The lowest BCUT2D eigenvalue weighted by atomic mass is 9.83. The van der Waals surface area contributed by atoms with Crippen molar-refractivity contribution in [3.63, 3.8) is 0 Å². The average molecular weight is 815 g/mol. The van der Waals surface area contributed by atoms with Gasteiger partial charge in [-0.1, -0.05) is 66.3 Å². The molecule has 1 aromatic carbocycles. The standard InChI is InChI=1S/C41H66O8S4/c1-9-27(3)22-39-31(7)36(26-53(45,46)35-16-12-32(10-2)13-17-35)40(48-39)25-37(42)30(6)28(4)23-34(49-52(8,43)44)14-18-38-29(5)24-33(47-38)15-19-41-50-20-11-21-51-41/h12-13,16-17,27-28,31,33-34,36-42H,5-6,9-11,14-15,18-26H2,1-4,7-8H3/t27-,28-,31-,33+,34-,36-,37-,38+,39-,40+/m1/s1. The highest BCUT2D eigenvalue weighted by atomic mass is 32.2. The molecule has 302 valence electrons. The van der Waals surface area contributed by atoms with Gasteiger partial charge in [-0.25, -0.2) is 8.42 Å². The van der Waals surface area contributed by atoms with E-state index in [1.807, 2.05) is 49.5 Å². The molecule has 3 aliphatic heterocycles. The molecular weight excluding hydrogens is 749 g/mol. The SMILES string of the molecule is C=C([C@H](C)C[C@@H](CC[C@@H]1O[C@@H](CCC2SCCCS2)CC1=C)OS(C)(=O)=O)[C@H](O)C[C@@H]1O[C@H](C[C@H](C)CC)[C@H](C)[C@H]1CS(=O)(=O)c1ccc(CC)cc1. The lowest BCUT2D eigenvalue weighted by Gasteiger charge is -2.28. The number of sulfone groups is 1. The molecule has 3 fully saturated rings. The molecule has 0 radical (unpaired) electrons. The molecule has 0 aromatic heterocycles. The van der Waals surface area contributed by atoms with E-state index < -0.39 is 38.3 Å². The second-order valence-electron chi connectivity index (χ2n) is 15.9. The maximum atomic E-state index is 13.7. The van der Waals surface area contributed by atoms with Crippen molar-refractivity contribution in [3.8, 4) is 0 Å². The van der Waals surface area contributed by atoms with Crippen molar-refractivity contribution < 1.29 is 35.6 Å². The van der Waals surface area contributed by atoms with Gasteiger partial charge in [-0.2, -0.15) is 8.42 Å². The number of ether oxygens (including phenoxy) is 2. The lowest BCUT2D eigenvalue weighted by Crippen LogP contribution is -2.32. The summed E-state index contributed by atoms with van der Waals surface area (Å²) in [5.74, 6) is 2.24. The average Bonchev–Trinajstić information content (AvgIpc) is 3.61. The van der Waals surface area contributed by atoms with Crippen LogP contribution < -0.4 is 0 Å². The number of hydrogen-bond acceptors (Lipinski definition) is 10. The van der Waals surface area contributed by atoms with Gasteiger partial charge < -0.3 is 14.6 Å². The number of benzene rings is 1. The van der Waals surface area contributed by atoms with Gasteiger partial charge in [-0.15, -0.1) is 23.5 Å². The van der Waals surface area contributed by atoms with Crippen LogP contribution in [0, 0.1) is 23.7 Å². The third-order valence-corrected chi connectivity index (χ3v) is 17.2. The topological polar surface area (TPSA) is 116 Å². The van der Waals surface area contributed by atoms with E-state index in [0.29, 0.717) is 40.2 Å². The van der Waals surface area contributed by atoms with Gasteiger partial charge in [-0.05, 0) is 116 Å². The van der Waals surface area contributed by atoms with Gasteiger partial charge in [0.1, 0.15) is 0 Å². The van der Waals surface area contributed by atoms with E-state index in [1.165, 1.54) is 17.9 Å². The van der Waals surface area contributed by atoms with Crippen molar-refractivity contribution in [3.05, 3.63) is 54.1 Å². The fourth-order valence-electron chi connectivity index (χ4n) is 7.97. The van der Waals surface area contributed by atoms with Crippen LogP contribution in [0.3, 0.4) is 0 Å². The maximum Gasteiger partial charge on any atom is 0.264 e. The molecule has 0 aliphatic carbocycles. The predicted molar refractivity (Wildman–Crippen MR) is 221 cm³/mol. The summed E-state index contributed by atoms with van der Waals surface area (Å²) in [5, 5.41) is 11.6. The summed E-state index contributed by atoms with van der Waals surface area (Å²) in [4.78, 5) is 0.307. The molecule has 0 bridgehead atoms. The first-order valence-electron chi connectivity index (χ1n) is 19.8. The summed E-state index contributed by atoms with van der Waals surface area (Å²) >= 11 is 4.09. The van der Waals surface area contributed by atoms with E-state index in [9.17, 15) is 21.9 Å². The zero-order valence-corrected chi connectivity index (χ0v) is 36.2. The Bertz CT molecular complexity index is 1540. The van der Waals surface area contributed by atoms with E-state index in [0.717, 1.165) is 55.9 Å². The Morgan fingerprint density at radius 1 is 1.00 bits per heavy atom. The van der Waals surface area contributed by atoms with Crippen molar-refractivity contribution in [2.45, 2.75) is 151 Å². The molecule has 3 aliphatic rings. The molecule has 10 atom stereocenters. The van der Waals surface area contributed by atoms with Crippen molar-refractivity contribution in [2.24, 2.45) is 23.7 Å². The van der Waals surface area contributed by atoms with Crippen LogP contribution in [0.4, 0.5) is 0 Å². The Labute approximate surface area is 330 Å². The third kappa shape index (κ3) is 13.6. The molecule has 3 saturated heterocycles. The van der Waals surface area contributed by atoms with Crippen LogP contribution in [-0.2, 0) is 40.0 Å². The number of hydrogen-bond donors (Lipinski definition) is 1. The summed E-state index contributed by atoms with van der Waals surface area (Å²) in [6, 6.07) is 7.12. The normalized spacial score (nSPS) is 28.2. The van der Waals surface area contributed by atoms with E-state index in [4.69, 9.17) is 13.7 Å². The first-order valence-corrected chi connectivity index (χ1v) is 25.3. The second kappa shape index (κ2) is 20.5. The largest absolute Gasteiger partial charge is 0.389 e. The Kier molecular flexibility index (Phi) is 17.4. The van der Waals surface area contributed by atoms with Crippen molar-refractivity contribution in [1.29, 1.82) is 0 Å². The minimum Gasteiger partial charge on any atom is -0.389 e. The number of rotatable bonds is 21. The monoisotopic (exact) mass is 814 g/mol. The molecular formula is C41H66O8S4. The Hall–Kier alpha value is -0.860. The third-order valence-electron chi connectivity index (χ3n) is 11.6. The van der Waals surface area contributed by atoms with Crippen LogP contribution in [0.15, 0.2) is 53.5 Å². The molecule has 53 heavy (non-hydrogen) atoms. The minimum atomic E-state index is -3.74. The summed E-state index contributed by atoms with van der Waals surface area (Å²) < 4.78 is 71.3. The summed E-state index contributed by atoms with van der Waals surface area (Å²) in [6.07, 6.45) is 7.43. The smallest absolute Gasteiger partial charge is 0.264 e. The molecule has 0 unspecified atom stereocenters. The van der Waals surface area contributed by atoms with Crippen LogP contribution in [0.5, 0.6) is 0 Å². The number of thioether (sulfide) groups is 2. The van der Waals surface area contributed by atoms with Crippen molar-refractivity contribution in [2.75, 3.05) is 23.5 Å². The zero-order chi connectivity index (χ0) is 38.9. The van der Waals surface area contributed by atoms with E-state index in [2.05, 4.69) is 33.9 Å². The predicted octanol–water partition coefficient (Wildman–Crippen LogP) is 8.63. The summed E-state index contributed by atoms with van der Waals surface area (Å²) in [7, 11) is -7.34. The van der Waals surface area contributed by atoms with Gasteiger partial charge in [0.25, 0.3) is 10.1 Å². The molecule has 3 heterocycles. The second-order valence-corrected chi connectivity index (χ2v) is 22.5. The molecule has 8 nitrogen and oxygen atoms in total. The van der Waals surface area contributed by atoms with Gasteiger partial charge in [0.2, 0.25) is 0 Å². The Balaban J connectivity index is 1.38. The molecule has 1 N–H and O–H groups in total. The fraction of sp³-hybridized carbons (Fsp3) is 0.756. The number of aliphatic hydroxyl groups is 1. The molecule has 4 rings (SSSR count). The van der Waals surface area contributed by atoms with Gasteiger partial charge in [0.05, 0.1) is 58.1 Å². The summed E-state index contributed by atoms with van der Waals surface area (Å²) in [5.41, 5.74) is 2.69. The first kappa shape index (κ1) is 44.8. The van der Waals surface area contributed by atoms with E-state index in [1.54, 1.807) is 12.1 Å². The molecule has 0 spiro atoms. The highest BCUT2D eigenvalue weighted by molar-refractivity contribution is 8.17. The molecule has 12 heteroatoms. The number of aliphatic hydroxyl groups excluding tert-OH is 1. The number of aryl methyl sites for hydroxylation is 1. The highest BCUT2D eigenvalue weighted by Crippen LogP contribution is 2.41. The fourth-order valence-corrected chi connectivity index (χ4v) is 13.3. The zero-order valence-electron chi connectivity index (χ0n) is 32.9. The van der Waals surface area contributed by atoms with Crippen LogP contribution in [0.2, 0.25) is 0 Å². The maximum absolute atomic E-state index is 13.7. The van der Waals surface area contributed by atoms with Gasteiger partial charge in [0, 0.05) is 12.3 Å². The van der Waals surface area contributed by atoms with Crippen molar-refractivity contribution >= 4 is 43.5 Å². The van der Waals surface area contributed by atoms with Crippen LogP contribution in [0.1, 0.15) is 104 Å².